The summed E-state index contributed by atoms with van der Waals surface area (Å²) in [5, 5.41) is 28.3. The zero-order valence-corrected chi connectivity index (χ0v) is 14.2. The second-order valence-corrected chi connectivity index (χ2v) is 7.85. The van der Waals surface area contributed by atoms with Crippen LogP contribution in [0.1, 0.15) is 24.6 Å². The van der Waals surface area contributed by atoms with E-state index < -0.39 is 32.0 Å². The van der Waals surface area contributed by atoms with Gasteiger partial charge < -0.3 is 24.7 Å². The summed E-state index contributed by atoms with van der Waals surface area (Å²) < 4.78 is 18.3. The standard InChI is InChI=1S/C15H20N3O6P/c19-13-8-11(6-7-25(21,22)23)24-15(14(13)20)12-9-18(17-16-12)10-4-2-1-3-5-10/h1-5,9,11,13-15,19-20H,6-8H2,(H2,21,22,23)/t11?,13?,14?,15-/m1/s1. The SMILES string of the molecule is O=P(O)(O)CCC1CC(O)C(O)[C@@H](c2cn(-c3ccccc3)nn2)O1. The highest BCUT2D eigenvalue weighted by Crippen LogP contribution is 2.39. The van der Waals surface area contributed by atoms with E-state index in [1.165, 1.54) is 4.68 Å². The molecule has 3 unspecified atom stereocenters. The Morgan fingerprint density at radius 2 is 1.96 bits per heavy atom. The molecule has 0 radical (unpaired) electrons. The Hall–Kier alpha value is -1.61. The maximum absolute atomic E-state index is 11.0. The minimum absolute atomic E-state index is 0.0807. The third-order valence-electron chi connectivity index (χ3n) is 4.11. The highest BCUT2D eigenvalue weighted by Gasteiger charge is 2.39. The lowest BCUT2D eigenvalue weighted by Crippen LogP contribution is -2.43. The molecule has 1 fully saturated rings. The summed E-state index contributed by atoms with van der Waals surface area (Å²) in [6.45, 7) is 0. The van der Waals surface area contributed by atoms with Crippen molar-refractivity contribution in [2.24, 2.45) is 0 Å². The summed E-state index contributed by atoms with van der Waals surface area (Å²) in [5.41, 5.74) is 1.13. The Bertz CT molecular complexity index is 749. The first-order valence-corrected chi connectivity index (χ1v) is 9.67. The monoisotopic (exact) mass is 369 g/mol. The third kappa shape index (κ3) is 4.52. The Kier molecular flexibility index (Phi) is 5.33. The largest absolute Gasteiger partial charge is 0.390 e. The van der Waals surface area contributed by atoms with E-state index in [0.717, 1.165) is 5.69 Å². The molecule has 0 amide bonds. The van der Waals surface area contributed by atoms with Crippen molar-refractivity contribution in [3.05, 3.63) is 42.2 Å². The summed E-state index contributed by atoms with van der Waals surface area (Å²) in [6, 6.07) is 9.26. The number of aromatic nitrogens is 3. The van der Waals surface area contributed by atoms with Crippen LogP contribution in [-0.4, -0.2) is 59.5 Å². The highest BCUT2D eigenvalue weighted by molar-refractivity contribution is 7.51. The highest BCUT2D eigenvalue weighted by atomic mass is 31.2. The predicted molar refractivity (Wildman–Crippen MR) is 87.1 cm³/mol. The Balaban J connectivity index is 1.75. The minimum Gasteiger partial charge on any atom is -0.390 e. The number of ether oxygens (including phenoxy) is 1. The van der Waals surface area contributed by atoms with E-state index >= 15 is 0 Å². The van der Waals surface area contributed by atoms with Crippen LogP contribution in [0, 0.1) is 0 Å². The number of hydrogen-bond donors (Lipinski definition) is 4. The fourth-order valence-electron chi connectivity index (χ4n) is 2.81. The number of rotatable bonds is 5. The smallest absolute Gasteiger partial charge is 0.325 e. The molecule has 1 aliphatic rings. The fourth-order valence-corrected chi connectivity index (χ4v) is 3.44. The molecule has 3 rings (SSSR count). The molecule has 10 heteroatoms. The van der Waals surface area contributed by atoms with Gasteiger partial charge in [-0.3, -0.25) is 4.57 Å². The average Bonchev–Trinajstić information content (AvgIpc) is 3.06. The average molecular weight is 369 g/mol. The zero-order chi connectivity index (χ0) is 18.0. The normalized spacial score (nSPS) is 27.4. The number of benzene rings is 1. The minimum atomic E-state index is -4.15. The zero-order valence-electron chi connectivity index (χ0n) is 13.3. The molecule has 9 nitrogen and oxygen atoms in total. The molecule has 1 aromatic carbocycles. The van der Waals surface area contributed by atoms with Crippen molar-refractivity contribution in [1.82, 2.24) is 15.0 Å². The molecule has 136 valence electrons. The quantitative estimate of drug-likeness (QED) is 0.555. The molecule has 1 aromatic heterocycles. The van der Waals surface area contributed by atoms with Gasteiger partial charge in [0.2, 0.25) is 0 Å². The summed E-state index contributed by atoms with van der Waals surface area (Å²) in [4.78, 5) is 18.0. The molecule has 0 bridgehead atoms. The van der Waals surface area contributed by atoms with E-state index in [1.54, 1.807) is 6.20 Å². The second-order valence-electron chi connectivity index (χ2n) is 6.07. The lowest BCUT2D eigenvalue weighted by molar-refractivity contribution is -0.172. The lowest BCUT2D eigenvalue weighted by Gasteiger charge is -2.36. The molecule has 1 aliphatic heterocycles. The van der Waals surface area contributed by atoms with E-state index in [9.17, 15) is 14.8 Å². The molecule has 0 spiro atoms. The summed E-state index contributed by atoms with van der Waals surface area (Å²) >= 11 is 0. The maximum Gasteiger partial charge on any atom is 0.325 e. The Labute approximate surface area is 144 Å². The topological polar surface area (TPSA) is 138 Å². The fraction of sp³-hybridized carbons (Fsp3) is 0.467. The van der Waals surface area contributed by atoms with Crippen molar-refractivity contribution in [2.45, 2.75) is 37.3 Å². The Morgan fingerprint density at radius 1 is 1.24 bits per heavy atom. The molecule has 0 saturated carbocycles. The number of nitrogens with zero attached hydrogens (tertiary/aromatic N) is 3. The van der Waals surface area contributed by atoms with Crippen LogP contribution < -0.4 is 0 Å². The van der Waals surface area contributed by atoms with Gasteiger partial charge in [0.15, 0.2) is 0 Å². The van der Waals surface area contributed by atoms with Crippen molar-refractivity contribution in [3.8, 4) is 5.69 Å². The lowest BCUT2D eigenvalue weighted by atomic mass is 9.95. The van der Waals surface area contributed by atoms with Crippen molar-refractivity contribution in [1.29, 1.82) is 0 Å². The van der Waals surface area contributed by atoms with Crippen molar-refractivity contribution < 1.29 is 29.3 Å². The van der Waals surface area contributed by atoms with Gasteiger partial charge in [0.1, 0.15) is 17.9 Å². The number of aliphatic hydroxyl groups excluding tert-OH is 2. The van der Waals surface area contributed by atoms with Gasteiger partial charge in [-0.15, -0.1) is 5.10 Å². The first kappa shape index (κ1) is 18.2. The van der Waals surface area contributed by atoms with Gasteiger partial charge in [-0.2, -0.15) is 0 Å². The van der Waals surface area contributed by atoms with Crippen LogP contribution >= 0.6 is 7.60 Å². The van der Waals surface area contributed by atoms with Gasteiger partial charge in [0, 0.05) is 6.42 Å². The number of hydrogen-bond acceptors (Lipinski definition) is 6. The van der Waals surface area contributed by atoms with E-state index in [-0.39, 0.29) is 19.0 Å². The second kappa shape index (κ2) is 7.33. The summed E-state index contributed by atoms with van der Waals surface area (Å²) in [7, 11) is -4.15. The van der Waals surface area contributed by atoms with Gasteiger partial charge in [-0.1, -0.05) is 23.4 Å². The first-order chi connectivity index (χ1) is 11.8. The van der Waals surface area contributed by atoms with Crippen molar-refractivity contribution in [2.75, 3.05) is 6.16 Å². The van der Waals surface area contributed by atoms with Crippen LogP contribution in [-0.2, 0) is 9.30 Å². The van der Waals surface area contributed by atoms with Gasteiger partial charge in [-0.25, -0.2) is 4.68 Å². The molecule has 25 heavy (non-hydrogen) atoms. The van der Waals surface area contributed by atoms with Crippen molar-refractivity contribution >= 4 is 7.60 Å². The number of aliphatic hydroxyl groups is 2. The van der Waals surface area contributed by atoms with Crippen LogP contribution in [0.5, 0.6) is 0 Å². The van der Waals surface area contributed by atoms with Gasteiger partial charge in [-0.05, 0) is 18.6 Å². The molecule has 0 aliphatic carbocycles. The van der Waals surface area contributed by atoms with Crippen LogP contribution in [0.4, 0.5) is 0 Å². The van der Waals surface area contributed by atoms with E-state index in [1.807, 2.05) is 30.3 Å². The molecule has 2 heterocycles. The Morgan fingerprint density at radius 3 is 2.64 bits per heavy atom. The molecular weight excluding hydrogens is 349 g/mol. The van der Waals surface area contributed by atoms with Crippen molar-refractivity contribution in [3.63, 3.8) is 0 Å². The van der Waals surface area contributed by atoms with Crippen LogP contribution in [0.25, 0.3) is 5.69 Å². The molecule has 4 atom stereocenters. The van der Waals surface area contributed by atoms with Gasteiger partial charge in [0.25, 0.3) is 0 Å². The third-order valence-corrected chi connectivity index (χ3v) is 4.95. The molecule has 1 saturated heterocycles. The van der Waals surface area contributed by atoms with Gasteiger partial charge >= 0.3 is 7.60 Å². The van der Waals surface area contributed by atoms with E-state index in [0.29, 0.717) is 5.69 Å². The van der Waals surface area contributed by atoms with E-state index in [4.69, 9.17) is 14.5 Å². The maximum atomic E-state index is 11.0. The van der Waals surface area contributed by atoms with Crippen LogP contribution in [0.15, 0.2) is 36.5 Å². The molecule has 4 N–H and O–H groups in total. The summed E-state index contributed by atoms with van der Waals surface area (Å²) in [5.74, 6) is 0. The van der Waals surface area contributed by atoms with E-state index in [2.05, 4.69) is 10.3 Å². The predicted octanol–water partition coefficient (Wildman–Crippen LogP) is 0.387. The van der Waals surface area contributed by atoms with Crippen LogP contribution in [0.2, 0.25) is 0 Å². The number of para-hydroxylation sites is 1. The summed E-state index contributed by atoms with van der Waals surface area (Å²) in [6.07, 6.45) is -2.32. The molecular formula is C15H20N3O6P. The van der Waals surface area contributed by atoms with Gasteiger partial charge in [0.05, 0.1) is 30.3 Å². The molecule has 2 aromatic rings. The van der Waals surface area contributed by atoms with Crippen LogP contribution in [0.3, 0.4) is 0 Å². The first-order valence-electron chi connectivity index (χ1n) is 7.87.